The summed E-state index contributed by atoms with van der Waals surface area (Å²) in [5.74, 6) is 0. The van der Waals surface area contributed by atoms with E-state index in [1.165, 1.54) is 19.4 Å². The van der Waals surface area contributed by atoms with Gasteiger partial charge in [0, 0.05) is 5.47 Å². The lowest BCUT2D eigenvalue weighted by Gasteiger charge is -1.96. The minimum atomic E-state index is -1.50. The number of ether oxygens (including phenoxy) is 1. The topological polar surface area (TPSA) is 49.7 Å². The SMILES string of the molecule is C=C/C(=C\OC)B(O)O. The minimum Gasteiger partial charge on any atom is -0.505 e. The first-order valence-corrected chi connectivity index (χ1v) is 2.43. The highest BCUT2D eigenvalue weighted by molar-refractivity contribution is 6.51. The van der Waals surface area contributed by atoms with Gasteiger partial charge in [-0.15, -0.1) is 0 Å². The van der Waals surface area contributed by atoms with Gasteiger partial charge in [0.1, 0.15) is 0 Å². The van der Waals surface area contributed by atoms with Crippen molar-refractivity contribution in [2.45, 2.75) is 0 Å². The smallest absolute Gasteiger partial charge is 0.491 e. The third kappa shape index (κ3) is 2.95. The second-order valence-corrected chi connectivity index (χ2v) is 1.43. The van der Waals surface area contributed by atoms with Crippen LogP contribution in [0.4, 0.5) is 0 Å². The molecule has 0 aromatic rings. The van der Waals surface area contributed by atoms with Gasteiger partial charge in [-0.2, -0.15) is 0 Å². The maximum atomic E-state index is 8.48. The highest BCUT2D eigenvalue weighted by Gasteiger charge is 2.10. The van der Waals surface area contributed by atoms with Crippen LogP contribution < -0.4 is 0 Å². The van der Waals surface area contributed by atoms with Crippen LogP contribution in [0.25, 0.3) is 0 Å². The molecule has 0 rings (SSSR count). The molecule has 0 bridgehead atoms. The highest BCUT2D eigenvalue weighted by atomic mass is 16.5. The molecule has 0 fully saturated rings. The van der Waals surface area contributed by atoms with Crippen LogP contribution in [-0.4, -0.2) is 24.3 Å². The Kier molecular flexibility index (Phi) is 3.83. The van der Waals surface area contributed by atoms with Crippen LogP contribution in [0.15, 0.2) is 24.4 Å². The first-order chi connectivity index (χ1) is 4.22. The Hall–Kier alpha value is -0.735. The number of rotatable bonds is 3. The molecule has 9 heavy (non-hydrogen) atoms. The van der Waals surface area contributed by atoms with E-state index >= 15 is 0 Å². The standard InChI is InChI=1S/C5H9BO3/c1-3-5(4-9-2)6(7)8/h3-4,7-8H,1H2,2H3/b5-4+. The Balaban J connectivity index is 3.97. The van der Waals surface area contributed by atoms with Gasteiger partial charge in [0.15, 0.2) is 0 Å². The van der Waals surface area contributed by atoms with E-state index in [4.69, 9.17) is 10.0 Å². The van der Waals surface area contributed by atoms with E-state index < -0.39 is 7.12 Å². The summed E-state index contributed by atoms with van der Waals surface area (Å²) in [5.41, 5.74) is 0.248. The lowest BCUT2D eigenvalue weighted by atomic mass is 9.80. The molecule has 0 saturated carbocycles. The molecule has 0 heterocycles. The van der Waals surface area contributed by atoms with Gasteiger partial charge in [0.2, 0.25) is 0 Å². The minimum absolute atomic E-state index is 0.248. The molecule has 3 nitrogen and oxygen atoms in total. The second-order valence-electron chi connectivity index (χ2n) is 1.43. The van der Waals surface area contributed by atoms with Crippen LogP contribution in [0, 0.1) is 0 Å². The van der Waals surface area contributed by atoms with Gasteiger partial charge in [-0.3, -0.25) is 0 Å². The van der Waals surface area contributed by atoms with Crippen molar-refractivity contribution in [2.75, 3.05) is 7.11 Å². The first-order valence-electron chi connectivity index (χ1n) is 2.43. The number of methoxy groups -OCH3 is 1. The zero-order valence-corrected chi connectivity index (χ0v) is 5.24. The third-order valence-electron chi connectivity index (χ3n) is 0.788. The van der Waals surface area contributed by atoms with Crippen molar-refractivity contribution in [1.29, 1.82) is 0 Å². The molecule has 4 heteroatoms. The molecule has 0 aromatic carbocycles. The zero-order chi connectivity index (χ0) is 7.28. The highest BCUT2D eigenvalue weighted by Crippen LogP contribution is 1.95. The van der Waals surface area contributed by atoms with Crippen LogP contribution in [0.2, 0.25) is 0 Å². The monoisotopic (exact) mass is 128 g/mol. The van der Waals surface area contributed by atoms with Crippen LogP contribution in [0.1, 0.15) is 0 Å². The largest absolute Gasteiger partial charge is 0.505 e. The van der Waals surface area contributed by atoms with Gasteiger partial charge in [-0.25, -0.2) is 0 Å². The van der Waals surface area contributed by atoms with E-state index in [0.717, 1.165) is 0 Å². The molecular formula is C5H9BO3. The van der Waals surface area contributed by atoms with Crippen LogP contribution in [0.5, 0.6) is 0 Å². The van der Waals surface area contributed by atoms with Crippen LogP contribution in [-0.2, 0) is 4.74 Å². The molecule has 0 unspecified atom stereocenters. The Morgan fingerprint density at radius 3 is 2.33 bits per heavy atom. The molecule has 0 atom stereocenters. The lowest BCUT2D eigenvalue weighted by molar-refractivity contribution is 0.333. The van der Waals surface area contributed by atoms with E-state index in [1.54, 1.807) is 0 Å². The average molecular weight is 128 g/mol. The lowest BCUT2D eigenvalue weighted by Crippen LogP contribution is -2.13. The van der Waals surface area contributed by atoms with Crippen molar-refractivity contribution in [1.82, 2.24) is 0 Å². The van der Waals surface area contributed by atoms with E-state index in [9.17, 15) is 0 Å². The van der Waals surface area contributed by atoms with Gasteiger partial charge >= 0.3 is 7.12 Å². The Morgan fingerprint density at radius 1 is 1.67 bits per heavy atom. The fourth-order valence-corrected chi connectivity index (χ4v) is 0.350. The van der Waals surface area contributed by atoms with Gasteiger partial charge in [0.05, 0.1) is 13.4 Å². The fourth-order valence-electron chi connectivity index (χ4n) is 0.350. The molecule has 50 valence electrons. The number of hydrogen-bond acceptors (Lipinski definition) is 3. The average Bonchev–Trinajstić information content (AvgIpc) is 1.82. The summed E-state index contributed by atoms with van der Waals surface area (Å²) in [6.45, 7) is 3.33. The molecule has 2 N–H and O–H groups in total. The van der Waals surface area contributed by atoms with Gasteiger partial charge in [-0.1, -0.05) is 12.7 Å². The van der Waals surface area contributed by atoms with Gasteiger partial charge in [0.25, 0.3) is 0 Å². The number of allylic oxidation sites excluding steroid dienone is 2. The van der Waals surface area contributed by atoms with E-state index in [1.807, 2.05) is 0 Å². The summed E-state index contributed by atoms with van der Waals surface area (Å²) in [4.78, 5) is 0. The predicted octanol–water partition coefficient (Wildman–Crippen LogP) is -0.285. The normalized spacial score (nSPS) is 10.8. The van der Waals surface area contributed by atoms with Crippen molar-refractivity contribution in [3.05, 3.63) is 24.4 Å². The molecule has 0 aliphatic rings. The molecule has 0 amide bonds. The van der Waals surface area contributed by atoms with Crippen LogP contribution >= 0.6 is 0 Å². The summed E-state index contributed by atoms with van der Waals surface area (Å²) in [7, 11) is -0.0752. The van der Waals surface area contributed by atoms with E-state index in [2.05, 4.69) is 11.3 Å². The predicted molar refractivity (Wildman–Crippen MR) is 35.5 cm³/mol. The summed E-state index contributed by atoms with van der Waals surface area (Å²) in [5, 5.41) is 17.0. The molecule has 0 aliphatic carbocycles. The Bertz CT molecular complexity index is 119. The zero-order valence-electron chi connectivity index (χ0n) is 5.24. The maximum Gasteiger partial charge on any atom is 0.491 e. The fraction of sp³-hybridized carbons (Fsp3) is 0.200. The Morgan fingerprint density at radius 2 is 2.22 bits per heavy atom. The maximum absolute atomic E-state index is 8.48. The van der Waals surface area contributed by atoms with E-state index in [-0.39, 0.29) is 5.47 Å². The second kappa shape index (κ2) is 4.17. The first kappa shape index (κ1) is 8.26. The molecule has 0 saturated heterocycles. The van der Waals surface area contributed by atoms with Gasteiger partial charge in [-0.05, 0) is 0 Å². The quantitative estimate of drug-likeness (QED) is 0.312. The summed E-state index contributed by atoms with van der Waals surface area (Å²) in [6.07, 6.45) is 2.53. The van der Waals surface area contributed by atoms with Crippen molar-refractivity contribution in [3.8, 4) is 0 Å². The van der Waals surface area contributed by atoms with Crippen molar-refractivity contribution in [3.63, 3.8) is 0 Å². The summed E-state index contributed by atoms with van der Waals surface area (Å²) < 4.78 is 4.50. The van der Waals surface area contributed by atoms with Crippen molar-refractivity contribution < 1.29 is 14.8 Å². The van der Waals surface area contributed by atoms with Crippen LogP contribution in [0.3, 0.4) is 0 Å². The van der Waals surface area contributed by atoms with Crippen molar-refractivity contribution in [2.24, 2.45) is 0 Å². The van der Waals surface area contributed by atoms with E-state index in [0.29, 0.717) is 0 Å². The Labute approximate surface area is 54.4 Å². The summed E-state index contributed by atoms with van der Waals surface area (Å²) in [6, 6.07) is 0. The molecule has 0 radical (unpaired) electrons. The molecule has 0 aliphatic heterocycles. The molecular weight excluding hydrogens is 119 g/mol. The van der Waals surface area contributed by atoms with Crippen molar-refractivity contribution >= 4 is 7.12 Å². The number of hydrogen-bond donors (Lipinski definition) is 2. The van der Waals surface area contributed by atoms with Gasteiger partial charge < -0.3 is 14.8 Å². The summed E-state index contributed by atoms with van der Waals surface area (Å²) >= 11 is 0. The third-order valence-corrected chi connectivity index (χ3v) is 0.788. The molecule has 0 aromatic heterocycles. The molecule has 0 spiro atoms.